The number of hydrogen-bond donors (Lipinski definition) is 1. The van der Waals surface area contributed by atoms with Gasteiger partial charge in [-0.15, -0.1) is 0 Å². The van der Waals surface area contributed by atoms with Crippen molar-refractivity contribution in [3.05, 3.63) is 29.3 Å². The van der Waals surface area contributed by atoms with Gasteiger partial charge in [0.05, 0.1) is 17.6 Å². The lowest BCUT2D eigenvalue weighted by molar-refractivity contribution is -0.131. The number of rotatable bonds is 6. The lowest BCUT2D eigenvalue weighted by atomic mass is 10.2. The Hall–Kier alpha value is -1.15. The van der Waals surface area contributed by atoms with Crippen LogP contribution in [0.5, 0.6) is 0 Å². The van der Waals surface area contributed by atoms with Crippen molar-refractivity contribution < 1.29 is 22.7 Å². The van der Waals surface area contributed by atoms with E-state index >= 15 is 0 Å². The lowest BCUT2D eigenvalue weighted by Crippen LogP contribution is -2.39. The maximum atomic E-state index is 12.1. The Morgan fingerprint density at radius 2 is 2.32 bits per heavy atom. The number of sulfonamides is 1. The van der Waals surface area contributed by atoms with Crippen molar-refractivity contribution in [3.63, 3.8) is 0 Å². The summed E-state index contributed by atoms with van der Waals surface area (Å²) in [6.07, 6.45) is 0.936. The first-order valence-corrected chi connectivity index (χ1v) is 8.80. The van der Waals surface area contributed by atoms with Crippen molar-refractivity contribution in [2.24, 2.45) is 0 Å². The molecule has 0 radical (unpaired) electrons. The fourth-order valence-corrected chi connectivity index (χ4v) is 3.36. The largest absolute Gasteiger partial charge is 0.376 e. The van der Waals surface area contributed by atoms with Gasteiger partial charge < -0.3 is 9.47 Å². The van der Waals surface area contributed by atoms with Crippen LogP contribution in [0.15, 0.2) is 29.2 Å². The van der Waals surface area contributed by atoms with Gasteiger partial charge >= 0.3 is 0 Å². The van der Waals surface area contributed by atoms with Gasteiger partial charge in [-0.3, -0.25) is 4.79 Å². The molecule has 1 heterocycles. The minimum Gasteiger partial charge on any atom is -0.376 e. The normalized spacial score (nSPS) is 19.8. The van der Waals surface area contributed by atoms with Gasteiger partial charge in [-0.1, -0.05) is 17.7 Å². The molecule has 6 nitrogen and oxygen atoms in total. The van der Waals surface area contributed by atoms with Gasteiger partial charge in [0.1, 0.15) is 6.10 Å². The average molecular weight is 348 g/mol. The van der Waals surface area contributed by atoms with E-state index in [-0.39, 0.29) is 22.6 Å². The predicted octanol–water partition coefficient (Wildman–Crippen LogP) is 1.73. The van der Waals surface area contributed by atoms with Crippen molar-refractivity contribution in [3.8, 4) is 0 Å². The first-order valence-electron chi connectivity index (χ1n) is 6.94. The molecule has 1 N–H and O–H groups in total. The summed E-state index contributed by atoms with van der Waals surface area (Å²) in [5.74, 6) is -0.724. The third kappa shape index (κ3) is 4.67. The number of carbonyl (C=O) groups excluding carboxylic acids is 1. The molecule has 2 atom stereocenters. The van der Waals surface area contributed by atoms with Gasteiger partial charge in [0, 0.05) is 11.6 Å². The number of hydrogen-bond acceptors (Lipinski definition) is 5. The Morgan fingerprint density at radius 3 is 2.95 bits per heavy atom. The number of benzene rings is 1. The van der Waals surface area contributed by atoms with E-state index in [2.05, 4.69) is 0 Å². The summed E-state index contributed by atoms with van der Waals surface area (Å²) in [4.78, 5) is 11.9. The second kappa shape index (κ2) is 7.41. The fraction of sp³-hybridized carbons (Fsp3) is 0.500. The van der Waals surface area contributed by atoms with Crippen LogP contribution in [0.1, 0.15) is 19.8 Å². The smallest absolute Gasteiger partial charge is 0.264 e. The summed E-state index contributed by atoms with van der Waals surface area (Å²) in [5, 5.41) is 0.276. The van der Waals surface area contributed by atoms with Crippen LogP contribution in [-0.2, 0) is 24.3 Å². The van der Waals surface area contributed by atoms with E-state index in [9.17, 15) is 13.2 Å². The highest BCUT2D eigenvalue weighted by Gasteiger charge is 2.24. The zero-order chi connectivity index (χ0) is 16.2. The van der Waals surface area contributed by atoms with Crippen LogP contribution < -0.4 is 4.72 Å². The SMILES string of the molecule is C[C@H](OC[C@@H]1CCCO1)C(=O)NS(=O)(=O)c1cccc(Cl)c1. The van der Waals surface area contributed by atoms with Crippen LogP contribution in [0, 0.1) is 0 Å². The molecule has 1 aliphatic heterocycles. The Bertz CT molecular complexity index is 628. The van der Waals surface area contributed by atoms with Crippen molar-refractivity contribution in [2.75, 3.05) is 13.2 Å². The molecule has 2 rings (SSSR count). The Labute approximate surface area is 134 Å². The Morgan fingerprint density at radius 1 is 1.55 bits per heavy atom. The summed E-state index contributed by atoms with van der Waals surface area (Å²) in [6.45, 7) is 2.46. The van der Waals surface area contributed by atoms with Crippen LogP contribution >= 0.6 is 11.6 Å². The van der Waals surface area contributed by atoms with Gasteiger partial charge in [0.2, 0.25) is 0 Å². The molecule has 0 spiro atoms. The topological polar surface area (TPSA) is 81.7 Å². The molecule has 0 unspecified atom stereocenters. The molecule has 0 aliphatic carbocycles. The second-order valence-corrected chi connectivity index (χ2v) is 7.16. The zero-order valence-electron chi connectivity index (χ0n) is 12.1. The van der Waals surface area contributed by atoms with Crippen molar-refractivity contribution in [2.45, 2.75) is 36.9 Å². The van der Waals surface area contributed by atoms with E-state index in [1.165, 1.54) is 25.1 Å². The first kappa shape index (κ1) is 17.2. The first-order chi connectivity index (χ1) is 10.4. The third-order valence-electron chi connectivity index (χ3n) is 3.27. The quantitative estimate of drug-likeness (QED) is 0.847. The number of halogens is 1. The summed E-state index contributed by atoms with van der Waals surface area (Å²) in [7, 11) is -3.96. The van der Waals surface area contributed by atoms with Crippen molar-refractivity contribution in [1.82, 2.24) is 4.72 Å². The molecule has 1 amide bonds. The van der Waals surface area contributed by atoms with E-state index in [1.54, 1.807) is 6.07 Å². The highest BCUT2D eigenvalue weighted by molar-refractivity contribution is 7.90. The monoisotopic (exact) mass is 347 g/mol. The van der Waals surface area contributed by atoms with E-state index in [1.807, 2.05) is 4.72 Å². The van der Waals surface area contributed by atoms with Gasteiger partial charge in [0.15, 0.2) is 0 Å². The fourth-order valence-electron chi connectivity index (χ4n) is 2.01. The molecule has 1 aliphatic rings. The Balaban J connectivity index is 1.92. The average Bonchev–Trinajstić information content (AvgIpc) is 2.97. The van der Waals surface area contributed by atoms with Crippen LogP contribution in [0.4, 0.5) is 0 Å². The molecule has 0 aromatic heterocycles. The minimum absolute atomic E-state index is 0.0280. The molecule has 22 heavy (non-hydrogen) atoms. The highest BCUT2D eigenvalue weighted by atomic mass is 35.5. The molecule has 1 aromatic rings. The molecule has 1 fully saturated rings. The minimum atomic E-state index is -3.96. The lowest BCUT2D eigenvalue weighted by Gasteiger charge is -2.16. The number of carbonyl (C=O) groups is 1. The maximum absolute atomic E-state index is 12.1. The van der Waals surface area contributed by atoms with Crippen LogP contribution in [0.25, 0.3) is 0 Å². The van der Waals surface area contributed by atoms with Gasteiger partial charge in [-0.05, 0) is 38.0 Å². The standard InChI is InChI=1S/C14H18ClNO5S/c1-10(21-9-12-5-3-7-20-12)14(17)16-22(18,19)13-6-2-4-11(15)8-13/h2,4,6,8,10,12H,3,5,7,9H2,1H3,(H,16,17)/t10-,12-/m0/s1. The van der Waals surface area contributed by atoms with E-state index in [0.29, 0.717) is 6.61 Å². The second-order valence-electron chi connectivity index (χ2n) is 5.04. The van der Waals surface area contributed by atoms with Gasteiger partial charge in [-0.25, -0.2) is 13.1 Å². The zero-order valence-corrected chi connectivity index (χ0v) is 13.7. The molecule has 0 bridgehead atoms. The van der Waals surface area contributed by atoms with E-state index in [4.69, 9.17) is 21.1 Å². The van der Waals surface area contributed by atoms with Crippen LogP contribution in [0.3, 0.4) is 0 Å². The van der Waals surface area contributed by atoms with Gasteiger partial charge in [-0.2, -0.15) is 0 Å². The van der Waals surface area contributed by atoms with Gasteiger partial charge in [0.25, 0.3) is 15.9 Å². The molecular weight excluding hydrogens is 330 g/mol. The summed E-state index contributed by atoms with van der Waals surface area (Å²) >= 11 is 5.76. The molecular formula is C14H18ClNO5S. The summed E-state index contributed by atoms with van der Waals surface area (Å²) in [6, 6.07) is 5.68. The summed E-state index contributed by atoms with van der Waals surface area (Å²) in [5.41, 5.74) is 0. The molecule has 1 saturated heterocycles. The van der Waals surface area contributed by atoms with Crippen molar-refractivity contribution in [1.29, 1.82) is 0 Å². The number of nitrogens with one attached hydrogen (secondary N) is 1. The third-order valence-corrected chi connectivity index (χ3v) is 4.85. The molecule has 122 valence electrons. The van der Waals surface area contributed by atoms with Crippen LogP contribution in [0.2, 0.25) is 5.02 Å². The number of ether oxygens (including phenoxy) is 2. The highest BCUT2D eigenvalue weighted by Crippen LogP contribution is 2.16. The van der Waals surface area contributed by atoms with Crippen LogP contribution in [-0.4, -0.2) is 39.7 Å². The van der Waals surface area contributed by atoms with E-state index in [0.717, 1.165) is 12.8 Å². The predicted molar refractivity (Wildman–Crippen MR) is 81.2 cm³/mol. The Kier molecular flexibility index (Phi) is 5.80. The maximum Gasteiger partial charge on any atom is 0.264 e. The van der Waals surface area contributed by atoms with Crippen molar-refractivity contribution >= 4 is 27.5 Å². The van der Waals surface area contributed by atoms with E-state index < -0.39 is 22.0 Å². The number of amides is 1. The molecule has 1 aromatic carbocycles. The summed E-state index contributed by atoms with van der Waals surface area (Å²) < 4.78 is 36.9. The molecule has 0 saturated carbocycles. The molecule has 8 heteroatoms.